The molecule has 0 aromatic carbocycles. The van der Waals surface area contributed by atoms with E-state index in [1.54, 1.807) is 0 Å². The van der Waals surface area contributed by atoms with Crippen molar-refractivity contribution in [2.75, 3.05) is 12.9 Å². The summed E-state index contributed by atoms with van der Waals surface area (Å²) in [5.41, 5.74) is 1.07. The summed E-state index contributed by atoms with van der Waals surface area (Å²) in [4.78, 5) is 0. The van der Waals surface area contributed by atoms with Gasteiger partial charge in [-0.1, -0.05) is 11.6 Å². The van der Waals surface area contributed by atoms with E-state index in [0.717, 1.165) is 19.1 Å². The van der Waals surface area contributed by atoms with Crippen molar-refractivity contribution >= 4 is 10.1 Å². The van der Waals surface area contributed by atoms with Crippen LogP contribution in [0.25, 0.3) is 0 Å². The minimum atomic E-state index is -3.36. The van der Waals surface area contributed by atoms with Crippen LogP contribution in [0, 0.1) is 0 Å². The molecule has 0 amide bonds. The maximum Gasteiger partial charge on any atom is 0.264 e. The monoisotopic (exact) mass is 248 g/mol. The summed E-state index contributed by atoms with van der Waals surface area (Å²) in [6.45, 7) is 6.23. The van der Waals surface area contributed by atoms with Crippen molar-refractivity contribution in [3.8, 4) is 0 Å². The molecule has 0 N–H and O–H groups in total. The van der Waals surface area contributed by atoms with Crippen molar-refractivity contribution < 1.29 is 17.3 Å². The highest BCUT2D eigenvalue weighted by Crippen LogP contribution is 2.40. The van der Waals surface area contributed by atoms with Crippen molar-refractivity contribution in [1.29, 1.82) is 0 Å². The Hall–Kier alpha value is -0.390. The van der Waals surface area contributed by atoms with E-state index in [1.165, 1.54) is 5.57 Å². The lowest BCUT2D eigenvalue weighted by Gasteiger charge is -2.04. The van der Waals surface area contributed by atoms with Crippen LogP contribution < -0.4 is 0 Å². The molecule has 0 aromatic heterocycles. The van der Waals surface area contributed by atoms with Crippen molar-refractivity contribution in [1.82, 2.24) is 0 Å². The van der Waals surface area contributed by atoms with Gasteiger partial charge in [0.05, 0.1) is 18.5 Å². The number of hydrogen-bond acceptors (Lipinski definition) is 4. The van der Waals surface area contributed by atoms with Crippen LogP contribution >= 0.6 is 0 Å². The van der Waals surface area contributed by atoms with Crippen LogP contribution in [0.2, 0.25) is 0 Å². The molecule has 1 fully saturated rings. The van der Waals surface area contributed by atoms with Gasteiger partial charge in [-0.15, -0.1) is 0 Å². The van der Waals surface area contributed by atoms with Gasteiger partial charge in [-0.2, -0.15) is 8.42 Å². The third-order valence-corrected chi connectivity index (χ3v) is 3.23. The molecule has 1 rings (SSSR count). The molecule has 2 atom stereocenters. The Morgan fingerprint density at radius 1 is 1.50 bits per heavy atom. The SMILES string of the molecule is CC(C)=CCCC1(C)O[C@H]1COS(C)(=O)=O. The van der Waals surface area contributed by atoms with Gasteiger partial charge in [0.1, 0.15) is 6.10 Å². The summed E-state index contributed by atoms with van der Waals surface area (Å²) < 4.78 is 31.8. The van der Waals surface area contributed by atoms with Crippen molar-refractivity contribution in [3.63, 3.8) is 0 Å². The molecule has 16 heavy (non-hydrogen) atoms. The molecule has 0 saturated carbocycles. The van der Waals surface area contributed by atoms with E-state index >= 15 is 0 Å². The summed E-state index contributed by atoms with van der Waals surface area (Å²) in [7, 11) is -3.36. The summed E-state index contributed by atoms with van der Waals surface area (Å²) in [6.07, 6.45) is 4.97. The first-order valence-corrected chi connectivity index (χ1v) is 7.20. The molecular formula is C11H20O4S. The van der Waals surface area contributed by atoms with E-state index in [9.17, 15) is 8.42 Å². The molecule has 1 aliphatic rings. The standard InChI is InChI=1S/C11H20O4S/c1-9(2)6-5-7-11(3)10(15-11)8-14-16(4,12)13/h6,10H,5,7-8H2,1-4H3/t10-,11?/m0/s1. The molecular weight excluding hydrogens is 228 g/mol. The first kappa shape index (κ1) is 13.7. The maximum atomic E-state index is 10.8. The van der Waals surface area contributed by atoms with Gasteiger partial charge >= 0.3 is 0 Å². The predicted molar refractivity (Wildman–Crippen MR) is 62.7 cm³/mol. The minimum absolute atomic E-state index is 0.0900. The van der Waals surface area contributed by atoms with E-state index in [2.05, 4.69) is 19.9 Å². The molecule has 0 spiro atoms. The lowest BCUT2D eigenvalue weighted by Crippen LogP contribution is -2.16. The molecule has 1 saturated heterocycles. The summed E-state index contributed by atoms with van der Waals surface area (Å²) >= 11 is 0. The van der Waals surface area contributed by atoms with Gasteiger partial charge in [-0.05, 0) is 33.6 Å². The molecule has 1 aliphatic heterocycles. The average Bonchev–Trinajstić information content (AvgIpc) is 2.72. The number of epoxide rings is 1. The van der Waals surface area contributed by atoms with Crippen LogP contribution in [0.15, 0.2) is 11.6 Å². The zero-order valence-corrected chi connectivity index (χ0v) is 11.1. The number of hydrogen-bond donors (Lipinski definition) is 0. The molecule has 1 unspecified atom stereocenters. The molecule has 5 heteroatoms. The van der Waals surface area contributed by atoms with Crippen LogP contribution in [0.3, 0.4) is 0 Å². The van der Waals surface area contributed by atoms with Crippen molar-refractivity contribution in [2.24, 2.45) is 0 Å². The van der Waals surface area contributed by atoms with Crippen LogP contribution in [-0.4, -0.2) is 33.0 Å². The average molecular weight is 248 g/mol. The van der Waals surface area contributed by atoms with Crippen LogP contribution in [-0.2, 0) is 19.0 Å². The summed E-state index contributed by atoms with van der Waals surface area (Å²) in [5.74, 6) is 0. The van der Waals surface area contributed by atoms with Gasteiger partial charge in [0.2, 0.25) is 0 Å². The van der Waals surface area contributed by atoms with E-state index in [0.29, 0.717) is 0 Å². The highest BCUT2D eigenvalue weighted by atomic mass is 32.2. The van der Waals surface area contributed by atoms with Gasteiger partial charge in [0, 0.05) is 0 Å². The Balaban J connectivity index is 2.28. The first-order valence-electron chi connectivity index (χ1n) is 5.38. The molecule has 0 aromatic rings. The highest BCUT2D eigenvalue weighted by Gasteiger charge is 2.51. The Labute approximate surface area is 97.8 Å². The summed E-state index contributed by atoms with van der Waals surface area (Å²) in [5, 5.41) is 0. The van der Waals surface area contributed by atoms with E-state index < -0.39 is 10.1 Å². The van der Waals surface area contributed by atoms with Crippen molar-refractivity contribution in [3.05, 3.63) is 11.6 Å². The molecule has 0 radical (unpaired) electrons. The van der Waals surface area contributed by atoms with Gasteiger partial charge in [-0.25, -0.2) is 0 Å². The highest BCUT2D eigenvalue weighted by molar-refractivity contribution is 7.85. The normalized spacial score (nSPS) is 28.9. The molecule has 4 nitrogen and oxygen atoms in total. The Morgan fingerprint density at radius 3 is 2.62 bits per heavy atom. The number of ether oxygens (including phenoxy) is 1. The lowest BCUT2D eigenvalue weighted by atomic mass is 10.0. The molecule has 0 aliphatic carbocycles. The largest absolute Gasteiger partial charge is 0.364 e. The predicted octanol–water partition coefficient (Wildman–Crippen LogP) is 1.87. The third-order valence-electron chi connectivity index (χ3n) is 2.66. The van der Waals surface area contributed by atoms with Crippen LogP contribution in [0.5, 0.6) is 0 Å². The second-order valence-corrected chi connectivity index (χ2v) is 6.37. The minimum Gasteiger partial charge on any atom is -0.364 e. The Morgan fingerprint density at radius 2 is 2.12 bits per heavy atom. The van der Waals surface area contributed by atoms with Crippen LogP contribution in [0.1, 0.15) is 33.6 Å². The Kier molecular flexibility index (Phi) is 4.15. The van der Waals surface area contributed by atoms with Crippen molar-refractivity contribution in [2.45, 2.75) is 45.3 Å². The molecule has 0 bridgehead atoms. The fourth-order valence-corrected chi connectivity index (χ4v) is 1.92. The second kappa shape index (κ2) is 4.85. The molecule has 94 valence electrons. The van der Waals surface area contributed by atoms with E-state index in [-0.39, 0.29) is 18.3 Å². The van der Waals surface area contributed by atoms with Gasteiger partial charge < -0.3 is 4.74 Å². The smallest absolute Gasteiger partial charge is 0.264 e. The van der Waals surface area contributed by atoms with E-state index in [4.69, 9.17) is 8.92 Å². The first-order chi connectivity index (χ1) is 7.23. The van der Waals surface area contributed by atoms with Gasteiger partial charge in [-0.3, -0.25) is 4.18 Å². The zero-order valence-electron chi connectivity index (χ0n) is 10.3. The zero-order chi connectivity index (χ0) is 12.4. The summed E-state index contributed by atoms with van der Waals surface area (Å²) in [6, 6.07) is 0. The maximum absolute atomic E-state index is 10.8. The number of rotatable bonds is 6. The fourth-order valence-electron chi connectivity index (χ4n) is 1.55. The lowest BCUT2D eigenvalue weighted by molar-refractivity contribution is 0.253. The van der Waals surface area contributed by atoms with Gasteiger partial charge in [0.15, 0.2) is 0 Å². The Bertz CT molecular complexity index is 367. The van der Waals surface area contributed by atoms with Crippen LogP contribution in [0.4, 0.5) is 0 Å². The van der Waals surface area contributed by atoms with E-state index in [1.807, 2.05) is 6.92 Å². The number of allylic oxidation sites excluding steroid dienone is 2. The quantitative estimate of drug-likeness (QED) is 0.409. The third kappa shape index (κ3) is 4.63. The van der Waals surface area contributed by atoms with Gasteiger partial charge in [0.25, 0.3) is 10.1 Å². The molecule has 1 heterocycles. The second-order valence-electron chi connectivity index (χ2n) is 4.73. The topological polar surface area (TPSA) is 55.9 Å². The fraction of sp³-hybridized carbons (Fsp3) is 0.818.